The molecule has 0 aromatic heterocycles. The highest BCUT2D eigenvalue weighted by molar-refractivity contribution is 8.00. The maximum atomic E-state index is 12.5. The summed E-state index contributed by atoms with van der Waals surface area (Å²) < 4.78 is 11.0. The Balaban J connectivity index is 1.67. The molecule has 0 bridgehead atoms. The van der Waals surface area contributed by atoms with Gasteiger partial charge in [-0.25, -0.2) is 0 Å². The van der Waals surface area contributed by atoms with Crippen LogP contribution in [0, 0.1) is 0 Å². The van der Waals surface area contributed by atoms with Crippen molar-refractivity contribution in [2.75, 3.05) is 18.5 Å². The standard InChI is InChI=1S/C18H19NO3S/c1-2-17(23-14-6-4-3-5-7-14)18(20)19-13-8-9-15-16(12-13)22-11-10-21-15/h3-9,12,17H,2,10-11H2,1H3,(H,19,20). The molecule has 3 rings (SSSR count). The summed E-state index contributed by atoms with van der Waals surface area (Å²) in [4.78, 5) is 13.6. The molecule has 5 heteroatoms. The largest absolute Gasteiger partial charge is 0.486 e. The molecule has 2 aromatic carbocycles. The van der Waals surface area contributed by atoms with Crippen LogP contribution in [0.3, 0.4) is 0 Å². The minimum atomic E-state index is -0.134. The lowest BCUT2D eigenvalue weighted by Crippen LogP contribution is -2.24. The summed E-state index contributed by atoms with van der Waals surface area (Å²) in [6, 6.07) is 15.4. The minimum Gasteiger partial charge on any atom is -0.486 e. The van der Waals surface area contributed by atoms with Crippen LogP contribution in [0.2, 0.25) is 0 Å². The van der Waals surface area contributed by atoms with Gasteiger partial charge in [0.2, 0.25) is 5.91 Å². The summed E-state index contributed by atoms with van der Waals surface area (Å²) in [6.45, 7) is 3.11. The monoisotopic (exact) mass is 329 g/mol. The van der Waals surface area contributed by atoms with E-state index in [1.54, 1.807) is 11.8 Å². The predicted octanol–water partition coefficient (Wildman–Crippen LogP) is 3.97. The number of anilines is 1. The third-order valence-electron chi connectivity index (χ3n) is 3.49. The molecule has 1 unspecified atom stereocenters. The zero-order valence-corrected chi connectivity index (χ0v) is 13.8. The van der Waals surface area contributed by atoms with E-state index in [4.69, 9.17) is 9.47 Å². The highest BCUT2D eigenvalue weighted by Crippen LogP contribution is 2.33. The van der Waals surface area contributed by atoms with E-state index in [1.165, 1.54) is 0 Å². The van der Waals surface area contributed by atoms with Crippen LogP contribution in [0.15, 0.2) is 53.4 Å². The number of nitrogens with one attached hydrogen (secondary N) is 1. The van der Waals surface area contributed by atoms with Gasteiger partial charge >= 0.3 is 0 Å². The summed E-state index contributed by atoms with van der Waals surface area (Å²) in [5.74, 6) is 1.40. The van der Waals surface area contributed by atoms with E-state index in [2.05, 4.69) is 5.32 Å². The number of hydrogen-bond acceptors (Lipinski definition) is 4. The summed E-state index contributed by atoms with van der Waals surface area (Å²) in [7, 11) is 0. The second-order valence-electron chi connectivity index (χ2n) is 5.18. The van der Waals surface area contributed by atoms with Gasteiger partial charge in [-0.15, -0.1) is 11.8 Å². The molecule has 1 aliphatic heterocycles. The number of amides is 1. The maximum absolute atomic E-state index is 12.5. The molecule has 0 radical (unpaired) electrons. The van der Waals surface area contributed by atoms with E-state index in [-0.39, 0.29) is 11.2 Å². The quantitative estimate of drug-likeness (QED) is 0.843. The fourth-order valence-corrected chi connectivity index (χ4v) is 3.30. The predicted molar refractivity (Wildman–Crippen MR) is 92.4 cm³/mol. The third-order valence-corrected chi connectivity index (χ3v) is 4.87. The van der Waals surface area contributed by atoms with Gasteiger partial charge in [-0.3, -0.25) is 4.79 Å². The van der Waals surface area contributed by atoms with Crippen LogP contribution in [0.1, 0.15) is 13.3 Å². The Kier molecular flexibility index (Phi) is 5.08. The molecule has 1 amide bonds. The first-order valence-corrected chi connectivity index (χ1v) is 8.56. The van der Waals surface area contributed by atoms with Gasteiger partial charge in [-0.05, 0) is 30.7 Å². The lowest BCUT2D eigenvalue weighted by atomic mass is 10.2. The second-order valence-corrected chi connectivity index (χ2v) is 6.45. The molecule has 0 aliphatic carbocycles. The van der Waals surface area contributed by atoms with Crippen molar-refractivity contribution in [3.63, 3.8) is 0 Å². The number of benzene rings is 2. The van der Waals surface area contributed by atoms with Gasteiger partial charge in [0, 0.05) is 16.6 Å². The van der Waals surface area contributed by atoms with Crippen LogP contribution in [-0.2, 0) is 4.79 Å². The molecule has 2 aromatic rings. The van der Waals surface area contributed by atoms with Gasteiger partial charge < -0.3 is 14.8 Å². The Morgan fingerprint density at radius 2 is 1.87 bits per heavy atom. The van der Waals surface area contributed by atoms with E-state index in [0.29, 0.717) is 19.0 Å². The lowest BCUT2D eigenvalue weighted by molar-refractivity contribution is -0.115. The first kappa shape index (κ1) is 15.7. The van der Waals surface area contributed by atoms with E-state index in [0.717, 1.165) is 22.8 Å². The summed E-state index contributed by atoms with van der Waals surface area (Å²) in [5, 5.41) is 2.83. The van der Waals surface area contributed by atoms with E-state index >= 15 is 0 Å². The molecule has 0 saturated heterocycles. The highest BCUT2D eigenvalue weighted by atomic mass is 32.2. The Morgan fingerprint density at radius 1 is 1.13 bits per heavy atom. The number of thioether (sulfide) groups is 1. The first-order chi connectivity index (χ1) is 11.3. The minimum absolute atomic E-state index is 0.00182. The van der Waals surface area contributed by atoms with Crippen LogP contribution >= 0.6 is 11.8 Å². The van der Waals surface area contributed by atoms with Crippen molar-refractivity contribution >= 4 is 23.4 Å². The van der Waals surface area contributed by atoms with Gasteiger partial charge in [-0.2, -0.15) is 0 Å². The van der Waals surface area contributed by atoms with Crippen LogP contribution in [0.5, 0.6) is 11.5 Å². The molecule has 0 saturated carbocycles. The zero-order chi connectivity index (χ0) is 16.1. The zero-order valence-electron chi connectivity index (χ0n) is 13.0. The van der Waals surface area contributed by atoms with Crippen molar-refractivity contribution in [2.24, 2.45) is 0 Å². The average Bonchev–Trinajstić information content (AvgIpc) is 2.60. The molecular weight excluding hydrogens is 310 g/mol. The number of fused-ring (bicyclic) bond motifs is 1. The Hall–Kier alpha value is -2.14. The van der Waals surface area contributed by atoms with Gasteiger partial charge in [0.1, 0.15) is 13.2 Å². The van der Waals surface area contributed by atoms with Crippen LogP contribution in [0.25, 0.3) is 0 Å². The Bertz CT molecular complexity index is 675. The SMILES string of the molecule is CCC(Sc1ccccc1)C(=O)Nc1ccc2c(c1)OCCO2. The number of carbonyl (C=O) groups excluding carboxylic acids is 1. The number of carbonyl (C=O) groups is 1. The molecule has 4 nitrogen and oxygen atoms in total. The Labute approximate surface area is 140 Å². The fourth-order valence-electron chi connectivity index (χ4n) is 2.33. The smallest absolute Gasteiger partial charge is 0.237 e. The summed E-state index contributed by atoms with van der Waals surface area (Å²) in [5.41, 5.74) is 0.728. The molecule has 0 spiro atoms. The third kappa shape index (κ3) is 3.99. The topological polar surface area (TPSA) is 47.6 Å². The molecule has 120 valence electrons. The van der Waals surface area contributed by atoms with Crippen molar-refractivity contribution in [3.05, 3.63) is 48.5 Å². The van der Waals surface area contributed by atoms with Gasteiger partial charge in [0.15, 0.2) is 11.5 Å². The molecule has 0 fully saturated rings. The first-order valence-electron chi connectivity index (χ1n) is 7.68. The van der Waals surface area contributed by atoms with Gasteiger partial charge in [0.25, 0.3) is 0 Å². The normalized spacial score (nSPS) is 14.1. The van der Waals surface area contributed by atoms with E-state index in [9.17, 15) is 4.79 Å². The number of rotatable bonds is 5. The van der Waals surface area contributed by atoms with Crippen molar-refractivity contribution < 1.29 is 14.3 Å². The van der Waals surface area contributed by atoms with E-state index < -0.39 is 0 Å². The summed E-state index contributed by atoms with van der Waals surface area (Å²) >= 11 is 1.58. The van der Waals surface area contributed by atoms with E-state index in [1.807, 2.05) is 55.5 Å². The number of ether oxygens (including phenoxy) is 2. The maximum Gasteiger partial charge on any atom is 0.237 e. The van der Waals surface area contributed by atoms with Crippen molar-refractivity contribution in [2.45, 2.75) is 23.5 Å². The second kappa shape index (κ2) is 7.42. The molecule has 1 N–H and O–H groups in total. The molecule has 23 heavy (non-hydrogen) atoms. The van der Waals surface area contributed by atoms with Crippen molar-refractivity contribution in [1.82, 2.24) is 0 Å². The number of hydrogen-bond donors (Lipinski definition) is 1. The molecule has 1 heterocycles. The average molecular weight is 329 g/mol. The fraction of sp³-hybridized carbons (Fsp3) is 0.278. The van der Waals surface area contributed by atoms with Crippen LogP contribution in [-0.4, -0.2) is 24.4 Å². The molecule has 1 aliphatic rings. The Morgan fingerprint density at radius 3 is 2.61 bits per heavy atom. The van der Waals surface area contributed by atoms with Gasteiger partial charge in [-0.1, -0.05) is 25.1 Å². The molecular formula is C18H19NO3S. The molecule has 1 atom stereocenters. The van der Waals surface area contributed by atoms with Crippen LogP contribution < -0.4 is 14.8 Å². The van der Waals surface area contributed by atoms with Crippen LogP contribution in [0.4, 0.5) is 5.69 Å². The summed E-state index contributed by atoms with van der Waals surface area (Å²) in [6.07, 6.45) is 0.760. The van der Waals surface area contributed by atoms with Crippen molar-refractivity contribution in [3.8, 4) is 11.5 Å². The van der Waals surface area contributed by atoms with Gasteiger partial charge in [0.05, 0.1) is 5.25 Å². The lowest BCUT2D eigenvalue weighted by Gasteiger charge is -2.20. The highest BCUT2D eigenvalue weighted by Gasteiger charge is 2.19. The van der Waals surface area contributed by atoms with Crippen molar-refractivity contribution in [1.29, 1.82) is 0 Å².